The molecule has 0 aliphatic carbocycles. The van der Waals surface area contributed by atoms with Crippen LogP contribution in [-0.2, 0) is 6.54 Å². The van der Waals surface area contributed by atoms with Crippen molar-refractivity contribution in [2.75, 3.05) is 10.6 Å². The minimum Gasteiger partial charge on any atom is -0.364 e. The van der Waals surface area contributed by atoms with Gasteiger partial charge in [0.2, 0.25) is 5.95 Å². The molecule has 1 aromatic carbocycles. The lowest BCUT2D eigenvalue weighted by Gasteiger charge is -2.08. The Labute approximate surface area is 134 Å². The molecule has 9 heteroatoms. The second-order valence-electron chi connectivity index (χ2n) is 4.73. The van der Waals surface area contributed by atoms with Gasteiger partial charge in [0.25, 0.3) is 0 Å². The zero-order valence-corrected chi connectivity index (χ0v) is 12.2. The summed E-state index contributed by atoms with van der Waals surface area (Å²) in [4.78, 5) is 8.06. The number of anilines is 3. The van der Waals surface area contributed by atoms with E-state index in [0.29, 0.717) is 12.4 Å². The van der Waals surface area contributed by atoms with E-state index < -0.39 is 17.5 Å². The van der Waals surface area contributed by atoms with Crippen LogP contribution in [0.2, 0.25) is 0 Å². The summed E-state index contributed by atoms with van der Waals surface area (Å²) in [6.45, 7) is 0.450. The molecule has 2 aromatic heterocycles. The van der Waals surface area contributed by atoms with Gasteiger partial charge in [-0.3, -0.25) is 4.98 Å². The van der Waals surface area contributed by atoms with E-state index in [9.17, 15) is 13.2 Å². The summed E-state index contributed by atoms with van der Waals surface area (Å²) >= 11 is 0. The quantitative estimate of drug-likeness (QED) is 0.700. The van der Waals surface area contributed by atoms with Crippen LogP contribution in [0.15, 0.2) is 42.9 Å². The number of halogens is 3. The van der Waals surface area contributed by atoms with Crippen LogP contribution in [0.3, 0.4) is 0 Å². The highest BCUT2D eigenvalue weighted by molar-refractivity contribution is 5.55. The third kappa shape index (κ3) is 3.57. The number of nitrogens with one attached hydrogen (secondary N) is 2. The van der Waals surface area contributed by atoms with E-state index in [1.54, 1.807) is 18.5 Å². The summed E-state index contributed by atoms with van der Waals surface area (Å²) in [7, 11) is 0. The van der Waals surface area contributed by atoms with Crippen molar-refractivity contribution in [2.45, 2.75) is 6.54 Å². The lowest BCUT2D eigenvalue weighted by atomic mass is 10.3. The fraction of sp³-hybridized carbons (Fsp3) is 0.0667. The fourth-order valence-electron chi connectivity index (χ4n) is 1.88. The van der Waals surface area contributed by atoms with Gasteiger partial charge in [0.15, 0.2) is 23.3 Å². The Morgan fingerprint density at radius 2 is 1.88 bits per heavy atom. The fourth-order valence-corrected chi connectivity index (χ4v) is 1.88. The molecule has 0 amide bonds. The van der Waals surface area contributed by atoms with Crippen LogP contribution in [0.1, 0.15) is 5.56 Å². The van der Waals surface area contributed by atoms with Crippen molar-refractivity contribution in [3.63, 3.8) is 0 Å². The number of aromatic nitrogens is 4. The third-order valence-corrected chi connectivity index (χ3v) is 3.04. The highest BCUT2D eigenvalue weighted by atomic mass is 19.2. The Bertz CT molecular complexity index is 844. The molecule has 0 bridgehead atoms. The molecule has 6 nitrogen and oxygen atoms in total. The largest absolute Gasteiger partial charge is 0.364 e. The maximum atomic E-state index is 13.6. The van der Waals surface area contributed by atoms with Gasteiger partial charge in [0.05, 0.1) is 11.9 Å². The lowest BCUT2D eigenvalue weighted by molar-refractivity contribution is 0.449. The molecule has 0 atom stereocenters. The van der Waals surface area contributed by atoms with Gasteiger partial charge < -0.3 is 10.6 Å². The van der Waals surface area contributed by atoms with Crippen LogP contribution in [0.25, 0.3) is 0 Å². The monoisotopic (exact) mass is 332 g/mol. The van der Waals surface area contributed by atoms with Gasteiger partial charge in [0.1, 0.15) is 0 Å². The van der Waals surface area contributed by atoms with Crippen LogP contribution in [0.5, 0.6) is 0 Å². The first-order chi connectivity index (χ1) is 11.6. The molecule has 0 aliphatic heterocycles. The van der Waals surface area contributed by atoms with Gasteiger partial charge >= 0.3 is 0 Å². The van der Waals surface area contributed by atoms with E-state index in [1.807, 2.05) is 6.07 Å². The molecular weight excluding hydrogens is 321 g/mol. The summed E-state index contributed by atoms with van der Waals surface area (Å²) in [5.41, 5.74) is 0.636. The van der Waals surface area contributed by atoms with Crippen molar-refractivity contribution in [1.29, 1.82) is 0 Å². The highest BCUT2D eigenvalue weighted by Crippen LogP contribution is 2.22. The molecule has 0 saturated heterocycles. The summed E-state index contributed by atoms with van der Waals surface area (Å²) in [6.07, 6.45) is 4.73. The highest BCUT2D eigenvalue weighted by Gasteiger charge is 2.14. The summed E-state index contributed by atoms with van der Waals surface area (Å²) in [5.74, 6) is -3.88. The number of nitrogens with zero attached hydrogens (tertiary/aromatic N) is 4. The SMILES string of the molecule is Fc1ccc(Nc2nncc(NCc3cccnc3)n2)c(F)c1F. The smallest absolute Gasteiger partial charge is 0.249 e. The summed E-state index contributed by atoms with van der Waals surface area (Å²) in [5, 5.41) is 12.9. The molecule has 0 fully saturated rings. The van der Waals surface area contributed by atoms with Crippen molar-refractivity contribution in [1.82, 2.24) is 20.2 Å². The first-order valence-corrected chi connectivity index (χ1v) is 6.86. The maximum Gasteiger partial charge on any atom is 0.249 e. The predicted octanol–water partition coefficient (Wildman–Crippen LogP) is 3.04. The Balaban J connectivity index is 1.73. The molecule has 0 spiro atoms. The Kier molecular flexibility index (Phi) is 4.50. The molecule has 0 saturated carbocycles. The number of hydrogen-bond donors (Lipinski definition) is 2. The standard InChI is InChI=1S/C15H11F3N6/c16-10-3-4-11(14(18)13(10)17)22-15-23-12(8-21-24-15)20-7-9-2-1-5-19-6-9/h1-6,8H,7H2,(H2,20,22,23,24). The van der Waals surface area contributed by atoms with E-state index >= 15 is 0 Å². The minimum atomic E-state index is -1.57. The van der Waals surface area contributed by atoms with Gasteiger partial charge in [-0.15, -0.1) is 5.10 Å². The predicted molar refractivity (Wildman–Crippen MR) is 81.0 cm³/mol. The minimum absolute atomic E-state index is 0.0592. The molecule has 3 aromatic rings. The molecule has 0 aliphatic rings. The van der Waals surface area contributed by atoms with E-state index in [2.05, 4.69) is 30.8 Å². The van der Waals surface area contributed by atoms with E-state index in [4.69, 9.17) is 0 Å². The van der Waals surface area contributed by atoms with Gasteiger partial charge in [-0.25, -0.2) is 13.2 Å². The third-order valence-electron chi connectivity index (χ3n) is 3.04. The zero-order valence-electron chi connectivity index (χ0n) is 12.2. The van der Waals surface area contributed by atoms with Gasteiger partial charge in [-0.1, -0.05) is 6.07 Å². The zero-order chi connectivity index (χ0) is 16.9. The molecule has 3 rings (SSSR count). The van der Waals surface area contributed by atoms with Crippen LogP contribution >= 0.6 is 0 Å². The molecule has 0 radical (unpaired) electrons. The average Bonchev–Trinajstić information content (AvgIpc) is 2.62. The topological polar surface area (TPSA) is 75.6 Å². The van der Waals surface area contributed by atoms with Gasteiger partial charge in [0, 0.05) is 18.9 Å². The van der Waals surface area contributed by atoms with Gasteiger partial charge in [-0.05, 0) is 23.8 Å². The van der Waals surface area contributed by atoms with Crippen molar-refractivity contribution in [3.05, 3.63) is 65.9 Å². The van der Waals surface area contributed by atoms with Crippen LogP contribution in [-0.4, -0.2) is 20.2 Å². The summed E-state index contributed by atoms with van der Waals surface area (Å²) in [6, 6.07) is 5.53. The number of rotatable bonds is 5. The number of pyridine rings is 1. The van der Waals surface area contributed by atoms with E-state index in [0.717, 1.165) is 17.7 Å². The lowest BCUT2D eigenvalue weighted by Crippen LogP contribution is -2.07. The Morgan fingerprint density at radius 1 is 1.00 bits per heavy atom. The van der Waals surface area contributed by atoms with Crippen LogP contribution < -0.4 is 10.6 Å². The first kappa shape index (κ1) is 15.7. The van der Waals surface area contributed by atoms with Crippen molar-refractivity contribution in [2.24, 2.45) is 0 Å². The first-order valence-electron chi connectivity index (χ1n) is 6.86. The molecule has 2 heterocycles. The average molecular weight is 332 g/mol. The Morgan fingerprint density at radius 3 is 2.67 bits per heavy atom. The maximum absolute atomic E-state index is 13.6. The summed E-state index contributed by atoms with van der Waals surface area (Å²) < 4.78 is 39.8. The molecule has 2 N–H and O–H groups in total. The molecule has 0 unspecified atom stereocenters. The molecular formula is C15H11F3N6. The second kappa shape index (κ2) is 6.90. The van der Waals surface area contributed by atoms with Gasteiger partial charge in [-0.2, -0.15) is 10.1 Å². The van der Waals surface area contributed by atoms with Crippen LogP contribution in [0.4, 0.5) is 30.6 Å². The Hall–Kier alpha value is -3.23. The molecule has 24 heavy (non-hydrogen) atoms. The molecule has 122 valence electrons. The number of hydrogen-bond acceptors (Lipinski definition) is 6. The van der Waals surface area contributed by atoms with Crippen molar-refractivity contribution < 1.29 is 13.2 Å². The normalized spacial score (nSPS) is 10.5. The van der Waals surface area contributed by atoms with E-state index in [-0.39, 0.29) is 11.6 Å². The van der Waals surface area contributed by atoms with Crippen molar-refractivity contribution in [3.8, 4) is 0 Å². The van der Waals surface area contributed by atoms with E-state index in [1.165, 1.54) is 6.20 Å². The van der Waals surface area contributed by atoms with Crippen LogP contribution in [0, 0.1) is 17.5 Å². The number of benzene rings is 1. The van der Waals surface area contributed by atoms with Crippen molar-refractivity contribution >= 4 is 17.5 Å². The second-order valence-corrected chi connectivity index (χ2v) is 4.73.